The van der Waals surface area contributed by atoms with Crippen LogP contribution in [0.5, 0.6) is 5.75 Å². The first kappa shape index (κ1) is 19.5. The molecule has 0 saturated carbocycles. The van der Waals surface area contributed by atoms with Crippen molar-refractivity contribution in [2.45, 2.75) is 39.3 Å². The second kappa shape index (κ2) is 8.66. The molecule has 2 heterocycles. The van der Waals surface area contributed by atoms with Crippen molar-refractivity contribution in [1.29, 1.82) is 0 Å². The highest BCUT2D eigenvalue weighted by molar-refractivity contribution is 5.98. The Bertz CT molecular complexity index is 985. The van der Waals surface area contributed by atoms with Crippen LogP contribution in [0.2, 0.25) is 0 Å². The molecule has 150 valence electrons. The van der Waals surface area contributed by atoms with Crippen LogP contribution in [0, 0.1) is 13.8 Å². The van der Waals surface area contributed by atoms with Crippen LogP contribution in [0.1, 0.15) is 34.6 Å². The molecule has 1 aliphatic heterocycles. The van der Waals surface area contributed by atoms with Gasteiger partial charge in [0.1, 0.15) is 5.75 Å². The predicted octanol–water partition coefficient (Wildman–Crippen LogP) is 5.21. The molecule has 0 N–H and O–H groups in total. The number of carbonyl (C=O) groups is 1. The van der Waals surface area contributed by atoms with Gasteiger partial charge in [-0.05, 0) is 44.4 Å². The van der Waals surface area contributed by atoms with E-state index in [1.165, 1.54) is 0 Å². The molecule has 29 heavy (non-hydrogen) atoms. The number of hydrogen-bond donors (Lipinski definition) is 0. The minimum atomic E-state index is -0.000412. The number of Topliss-reactive ketones (excluding diaryl/α,β-unsaturated/α-hetero) is 1. The topological polar surface area (TPSA) is 40.5 Å². The molecular weight excluding hydrogens is 362 g/mol. The lowest BCUT2D eigenvalue weighted by atomic mass is 10.0. The van der Waals surface area contributed by atoms with Gasteiger partial charge in [0.05, 0.1) is 6.10 Å². The van der Waals surface area contributed by atoms with Gasteiger partial charge in [-0.15, -0.1) is 0 Å². The number of para-hydroxylation sites is 1. The van der Waals surface area contributed by atoms with Gasteiger partial charge in [0.2, 0.25) is 5.78 Å². The minimum absolute atomic E-state index is 0.000412. The number of aryl methyl sites for hydroxylation is 1. The molecule has 0 unspecified atom stereocenters. The zero-order valence-corrected chi connectivity index (χ0v) is 17.1. The summed E-state index contributed by atoms with van der Waals surface area (Å²) in [4.78, 5) is 12.9. The largest absolute Gasteiger partial charge is 0.485 e. The third kappa shape index (κ3) is 4.28. The Morgan fingerprint density at radius 1 is 1.10 bits per heavy atom. The number of nitrogens with zero attached hydrogens (tertiary/aromatic N) is 1. The highest BCUT2D eigenvalue weighted by atomic mass is 16.5. The Balaban J connectivity index is 1.48. The van der Waals surface area contributed by atoms with E-state index in [9.17, 15) is 4.79 Å². The van der Waals surface area contributed by atoms with Gasteiger partial charge in [-0.25, -0.2) is 0 Å². The highest BCUT2D eigenvalue weighted by Gasteiger charge is 2.21. The fraction of sp³-hybridized carbons (Fsp3) is 0.320. The molecule has 1 saturated heterocycles. The summed E-state index contributed by atoms with van der Waals surface area (Å²) in [6.07, 6.45) is 2.45. The molecule has 0 amide bonds. The lowest BCUT2D eigenvalue weighted by Crippen LogP contribution is -2.18. The first-order valence-corrected chi connectivity index (χ1v) is 10.2. The van der Waals surface area contributed by atoms with E-state index in [4.69, 9.17) is 9.47 Å². The lowest BCUT2D eigenvalue weighted by molar-refractivity contribution is 0.0915. The van der Waals surface area contributed by atoms with Crippen molar-refractivity contribution in [3.63, 3.8) is 0 Å². The van der Waals surface area contributed by atoms with Gasteiger partial charge in [-0.2, -0.15) is 0 Å². The van der Waals surface area contributed by atoms with Crippen molar-refractivity contribution in [3.05, 3.63) is 77.6 Å². The number of ketones is 1. The van der Waals surface area contributed by atoms with Gasteiger partial charge in [0.25, 0.3) is 0 Å². The Hall–Kier alpha value is -2.85. The predicted molar refractivity (Wildman–Crippen MR) is 115 cm³/mol. The highest BCUT2D eigenvalue weighted by Crippen LogP contribution is 2.30. The van der Waals surface area contributed by atoms with Crippen LogP contribution in [0.3, 0.4) is 0 Å². The third-order valence-corrected chi connectivity index (χ3v) is 5.61. The molecule has 0 radical (unpaired) electrons. The van der Waals surface area contributed by atoms with Crippen molar-refractivity contribution >= 4 is 5.78 Å². The van der Waals surface area contributed by atoms with E-state index in [0.717, 1.165) is 59.8 Å². The maximum absolute atomic E-state index is 12.9. The summed E-state index contributed by atoms with van der Waals surface area (Å²) in [6, 6.07) is 19.9. The van der Waals surface area contributed by atoms with Crippen molar-refractivity contribution in [3.8, 4) is 16.9 Å². The van der Waals surface area contributed by atoms with E-state index in [1.807, 2.05) is 74.5 Å². The van der Waals surface area contributed by atoms with Crippen molar-refractivity contribution in [2.24, 2.45) is 0 Å². The summed E-state index contributed by atoms with van der Waals surface area (Å²) < 4.78 is 13.9. The van der Waals surface area contributed by atoms with Crippen LogP contribution in [-0.2, 0) is 11.3 Å². The SMILES string of the molecule is Cc1cc(C(=O)COc2ccccc2-c2ccccc2)c(C)n1C[C@@H]1CCCO1. The van der Waals surface area contributed by atoms with Crippen molar-refractivity contribution in [2.75, 3.05) is 13.2 Å². The third-order valence-electron chi connectivity index (χ3n) is 5.61. The van der Waals surface area contributed by atoms with E-state index in [2.05, 4.69) is 4.57 Å². The average molecular weight is 389 g/mol. The number of rotatable bonds is 7. The van der Waals surface area contributed by atoms with Crippen LogP contribution in [-0.4, -0.2) is 29.7 Å². The molecule has 0 bridgehead atoms. The van der Waals surface area contributed by atoms with Crippen LogP contribution in [0.4, 0.5) is 0 Å². The molecule has 3 aromatic rings. The lowest BCUT2D eigenvalue weighted by Gasteiger charge is -2.15. The summed E-state index contributed by atoms with van der Waals surface area (Å²) >= 11 is 0. The van der Waals surface area contributed by atoms with E-state index in [0.29, 0.717) is 0 Å². The van der Waals surface area contributed by atoms with E-state index in [1.54, 1.807) is 0 Å². The molecule has 4 rings (SSSR count). The van der Waals surface area contributed by atoms with Gasteiger partial charge in [-0.1, -0.05) is 48.5 Å². The minimum Gasteiger partial charge on any atom is -0.485 e. The van der Waals surface area contributed by atoms with Crippen LogP contribution in [0.15, 0.2) is 60.7 Å². The zero-order valence-electron chi connectivity index (χ0n) is 17.1. The number of aromatic nitrogens is 1. The molecule has 1 aliphatic rings. The van der Waals surface area contributed by atoms with Crippen LogP contribution < -0.4 is 4.74 Å². The van der Waals surface area contributed by atoms with E-state index in [-0.39, 0.29) is 18.5 Å². The Morgan fingerprint density at radius 3 is 2.62 bits per heavy atom. The molecule has 0 aliphatic carbocycles. The second-order valence-electron chi connectivity index (χ2n) is 7.60. The Kier molecular flexibility index (Phi) is 5.81. The fourth-order valence-corrected chi connectivity index (χ4v) is 4.03. The van der Waals surface area contributed by atoms with E-state index < -0.39 is 0 Å². The first-order valence-electron chi connectivity index (χ1n) is 10.2. The molecule has 0 spiro atoms. The van der Waals surface area contributed by atoms with Crippen molar-refractivity contribution in [1.82, 2.24) is 4.57 Å². The summed E-state index contributed by atoms with van der Waals surface area (Å²) in [7, 11) is 0. The van der Waals surface area contributed by atoms with Gasteiger partial charge in [0.15, 0.2) is 6.61 Å². The Labute approximate surface area is 172 Å². The quantitative estimate of drug-likeness (QED) is 0.521. The number of benzene rings is 2. The number of hydrogen-bond acceptors (Lipinski definition) is 3. The molecule has 1 atom stereocenters. The fourth-order valence-electron chi connectivity index (χ4n) is 4.03. The second-order valence-corrected chi connectivity index (χ2v) is 7.60. The van der Waals surface area contributed by atoms with Gasteiger partial charge < -0.3 is 14.0 Å². The molecule has 4 heteroatoms. The maximum Gasteiger partial charge on any atom is 0.202 e. The summed E-state index contributed by atoms with van der Waals surface area (Å²) in [5.74, 6) is 0.722. The average Bonchev–Trinajstić information content (AvgIpc) is 3.37. The molecular formula is C25H27NO3. The van der Waals surface area contributed by atoms with Gasteiger partial charge >= 0.3 is 0 Å². The molecule has 1 aromatic heterocycles. The summed E-state index contributed by atoms with van der Waals surface area (Å²) in [5, 5.41) is 0. The monoisotopic (exact) mass is 389 g/mol. The number of carbonyl (C=O) groups excluding carboxylic acids is 1. The standard InChI is InChI=1S/C25H27NO3/c1-18-15-23(19(2)26(18)16-21-11-8-14-28-21)24(27)17-29-25-13-7-6-12-22(25)20-9-4-3-5-10-20/h3-7,9-10,12-13,15,21H,8,11,14,16-17H2,1-2H3/t21-/m0/s1. The summed E-state index contributed by atoms with van der Waals surface area (Å²) in [5.41, 5.74) is 4.88. The maximum atomic E-state index is 12.9. The Morgan fingerprint density at radius 2 is 1.86 bits per heavy atom. The van der Waals surface area contributed by atoms with Crippen molar-refractivity contribution < 1.29 is 14.3 Å². The molecule has 2 aromatic carbocycles. The number of ether oxygens (including phenoxy) is 2. The normalized spacial score (nSPS) is 16.1. The van der Waals surface area contributed by atoms with Crippen LogP contribution in [0.25, 0.3) is 11.1 Å². The smallest absolute Gasteiger partial charge is 0.202 e. The van der Waals surface area contributed by atoms with Gasteiger partial charge in [-0.3, -0.25) is 4.79 Å². The first-order chi connectivity index (χ1) is 14.1. The summed E-state index contributed by atoms with van der Waals surface area (Å²) in [6.45, 7) is 5.72. The zero-order chi connectivity index (χ0) is 20.2. The molecule has 1 fully saturated rings. The van der Waals surface area contributed by atoms with Gasteiger partial charge in [0, 0.05) is 35.7 Å². The van der Waals surface area contributed by atoms with Crippen LogP contribution >= 0.6 is 0 Å². The van der Waals surface area contributed by atoms with E-state index >= 15 is 0 Å². The molecule has 4 nitrogen and oxygen atoms in total.